The standard InChI is InChI=1S/C16H20F4N2O3/c1-3-13(23)22-15(16(18,19)20,14(24)25-4-2)21-10-9-11-7-5-6-8-12(11)17/h5-8,21H,3-4,9-10H2,1-2H3,(H,22,23)/p+1/t15-/m0/s1. The summed E-state index contributed by atoms with van der Waals surface area (Å²) in [6, 6.07) is 5.65. The summed E-state index contributed by atoms with van der Waals surface area (Å²) in [5.74, 6) is -3.12. The molecule has 9 heteroatoms. The predicted molar refractivity (Wildman–Crippen MR) is 80.7 cm³/mol. The van der Waals surface area contributed by atoms with Gasteiger partial charge < -0.3 is 10.1 Å². The molecule has 0 bridgehead atoms. The number of benzene rings is 1. The Morgan fingerprint density at radius 2 is 1.84 bits per heavy atom. The minimum absolute atomic E-state index is 0.0636. The van der Waals surface area contributed by atoms with Gasteiger partial charge in [-0.3, -0.25) is 10.1 Å². The molecule has 0 aliphatic carbocycles. The van der Waals surface area contributed by atoms with Crippen LogP contribution in [-0.4, -0.2) is 36.9 Å². The molecule has 1 aromatic carbocycles. The molecule has 1 rings (SSSR count). The number of halogens is 4. The second kappa shape index (κ2) is 8.80. The number of ether oxygens (including phenoxy) is 1. The third-order valence-corrected chi connectivity index (χ3v) is 3.52. The van der Waals surface area contributed by atoms with Crippen molar-refractivity contribution in [2.24, 2.45) is 0 Å². The summed E-state index contributed by atoms with van der Waals surface area (Å²) >= 11 is 0. The van der Waals surface area contributed by atoms with E-state index in [0.29, 0.717) is 5.32 Å². The minimum atomic E-state index is -5.10. The van der Waals surface area contributed by atoms with Gasteiger partial charge >= 0.3 is 17.8 Å². The van der Waals surface area contributed by atoms with E-state index in [1.54, 1.807) is 11.4 Å². The van der Waals surface area contributed by atoms with Crippen molar-refractivity contribution in [2.45, 2.75) is 38.5 Å². The van der Waals surface area contributed by atoms with Gasteiger partial charge in [-0.2, -0.15) is 13.2 Å². The topological polar surface area (TPSA) is 72.0 Å². The lowest BCUT2D eigenvalue weighted by Crippen LogP contribution is -3.07. The number of amides is 1. The Kier molecular flexibility index (Phi) is 7.35. The molecule has 25 heavy (non-hydrogen) atoms. The fourth-order valence-corrected chi connectivity index (χ4v) is 2.19. The zero-order chi connectivity index (χ0) is 19.1. The molecule has 3 N–H and O–H groups in total. The van der Waals surface area contributed by atoms with Crippen LogP contribution >= 0.6 is 0 Å². The van der Waals surface area contributed by atoms with Gasteiger partial charge in [0, 0.05) is 12.8 Å². The molecular weight excluding hydrogens is 344 g/mol. The van der Waals surface area contributed by atoms with Crippen molar-refractivity contribution in [3.63, 3.8) is 0 Å². The molecule has 0 aliphatic rings. The van der Waals surface area contributed by atoms with E-state index < -0.39 is 29.5 Å². The number of carbonyl (C=O) groups is 2. The van der Waals surface area contributed by atoms with Crippen molar-refractivity contribution in [1.82, 2.24) is 5.32 Å². The normalized spacial score (nSPS) is 13.8. The van der Waals surface area contributed by atoms with Gasteiger partial charge in [0.1, 0.15) is 5.82 Å². The maximum Gasteiger partial charge on any atom is 0.478 e. The van der Waals surface area contributed by atoms with Crippen molar-refractivity contribution < 1.29 is 37.2 Å². The number of hydrogen-bond donors (Lipinski definition) is 2. The van der Waals surface area contributed by atoms with Gasteiger partial charge in [0.2, 0.25) is 5.91 Å². The molecule has 5 nitrogen and oxygen atoms in total. The second-order valence-corrected chi connectivity index (χ2v) is 5.26. The highest BCUT2D eigenvalue weighted by molar-refractivity contribution is 5.87. The molecule has 140 valence electrons. The number of hydrogen-bond acceptors (Lipinski definition) is 3. The molecule has 0 saturated carbocycles. The van der Waals surface area contributed by atoms with Crippen LogP contribution in [0.2, 0.25) is 0 Å². The van der Waals surface area contributed by atoms with Gasteiger partial charge in [0.25, 0.3) is 0 Å². The molecular formula is C16H21F4N2O3+. The summed E-state index contributed by atoms with van der Waals surface area (Å²) in [5.41, 5.74) is -3.05. The summed E-state index contributed by atoms with van der Waals surface area (Å²) in [6.07, 6.45) is -5.40. The fourth-order valence-electron chi connectivity index (χ4n) is 2.19. The maximum atomic E-state index is 13.6. The van der Waals surface area contributed by atoms with Crippen LogP contribution in [0.3, 0.4) is 0 Å². The van der Waals surface area contributed by atoms with Gasteiger partial charge in [-0.1, -0.05) is 25.1 Å². The highest BCUT2D eigenvalue weighted by Crippen LogP contribution is 2.27. The average molecular weight is 365 g/mol. The van der Waals surface area contributed by atoms with Crippen molar-refractivity contribution >= 4 is 11.9 Å². The first-order valence-electron chi connectivity index (χ1n) is 7.80. The summed E-state index contributed by atoms with van der Waals surface area (Å²) in [5, 5.41) is 2.35. The number of nitrogens with two attached hydrogens (primary N) is 1. The van der Waals surface area contributed by atoms with E-state index >= 15 is 0 Å². The van der Waals surface area contributed by atoms with Crippen LogP contribution in [0.1, 0.15) is 25.8 Å². The van der Waals surface area contributed by atoms with Gasteiger partial charge in [-0.25, -0.2) is 9.18 Å². The summed E-state index contributed by atoms with van der Waals surface area (Å²) in [7, 11) is 0. The van der Waals surface area contributed by atoms with E-state index in [1.165, 1.54) is 32.0 Å². The Morgan fingerprint density at radius 3 is 2.36 bits per heavy atom. The third kappa shape index (κ3) is 5.15. The SMILES string of the molecule is CCOC(=O)[C@@](NC(=O)CC)([NH2+]CCc1ccccc1F)C(F)(F)F. The predicted octanol–water partition coefficient (Wildman–Crippen LogP) is 1.28. The molecule has 0 aromatic heterocycles. The summed E-state index contributed by atoms with van der Waals surface area (Å²) < 4.78 is 59.0. The Labute approximate surface area is 142 Å². The van der Waals surface area contributed by atoms with Crippen LogP contribution in [0.4, 0.5) is 17.6 Å². The largest absolute Gasteiger partial charge is 0.478 e. The van der Waals surface area contributed by atoms with Crippen molar-refractivity contribution in [3.05, 3.63) is 35.6 Å². The molecule has 0 heterocycles. The van der Waals surface area contributed by atoms with Crippen LogP contribution in [0.25, 0.3) is 0 Å². The third-order valence-electron chi connectivity index (χ3n) is 3.52. The maximum absolute atomic E-state index is 13.6. The lowest BCUT2D eigenvalue weighted by atomic mass is 10.1. The molecule has 0 unspecified atom stereocenters. The first-order valence-corrected chi connectivity index (χ1v) is 7.80. The number of quaternary nitrogens is 1. The number of esters is 1. The van der Waals surface area contributed by atoms with E-state index in [-0.39, 0.29) is 31.6 Å². The lowest BCUT2D eigenvalue weighted by Gasteiger charge is -2.31. The first kappa shape index (κ1) is 20.9. The molecule has 0 spiro atoms. The molecule has 1 amide bonds. The summed E-state index contributed by atoms with van der Waals surface area (Å²) in [4.78, 5) is 23.6. The monoisotopic (exact) mass is 365 g/mol. The molecule has 1 atom stereocenters. The Bertz CT molecular complexity index is 607. The Morgan fingerprint density at radius 1 is 1.20 bits per heavy atom. The van der Waals surface area contributed by atoms with Crippen molar-refractivity contribution in [1.29, 1.82) is 0 Å². The number of nitrogens with one attached hydrogen (secondary N) is 1. The van der Waals surface area contributed by atoms with Gasteiger partial charge in [-0.15, -0.1) is 0 Å². The average Bonchev–Trinajstić information content (AvgIpc) is 2.54. The Hall–Kier alpha value is -2.16. The van der Waals surface area contributed by atoms with Crippen LogP contribution in [0.5, 0.6) is 0 Å². The zero-order valence-corrected chi connectivity index (χ0v) is 14.0. The van der Waals surface area contributed by atoms with E-state index in [4.69, 9.17) is 0 Å². The molecule has 0 radical (unpaired) electrons. The van der Waals surface area contributed by atoms with E-state index in [0.717, 1.165) is 0 Å². The highest BCUT2D eigenvalue weighted by atomic mass is 19.4. The molecule has 0 saturated heterocycles. The molecule has 1 aromatic rings. The number of alkyl halides is 3. The van der Waals surface area contributed by atoms with E-state index in [9.17, 15) is 27.2 Å². The summed E-state index contributed by atoms with van der Waals surface area (Å²) in [6.45, 7) is 2.16. The molecule has 0 fully saturated rings. The number of carbonyl (C=O) groups excluding carboxylic acids is 2. The van der Waals surface area contributed by atoms with Gasteiger partial charge in [-0.05, 0) is 18.6 Å². The van der Waals surface area contributed by atoms with Crippen LogP contribution < -0.4 is 10.6 Å². The first-order chi connectivity index (χ1) is 11.7. The van der Waals surface area contributed by atoms with Gasteiger partial charge in [0.15, 0.2) is 0 Å². The quantitative estimate of drug-likeness (QED) is 0.414. The highest BCUT2D eigenvalue weighted by Gasteiger charge is 2.67. The number of rotatable bonds is 8. The fraction of sp³-hybridized carbons (Fsp3) is 0.500. The minimum Gasteiger partial charge on any atom is -0.460 e. The van der Waals surface area contributed by atoms with Crippen LogP contribution in [-0.2, 0) is 20.7 Å². The zero-order valence-electron chi connectivity index (χ0n) is 14.0. The van der Waals surface area contributed by atoms with Gasteiger partial charge in [0.05, 0.1) is 13.2 Å². The Balaban J connectivity index is 3.05. The van der Waals surface area contributed by atoms with E-state index in [1.807, 2.05) is 0 Å². The van der Waals surface area contributed by atoms with E-state index in [2.05, 4.69) is 4.74 Å². The van der Waals surface area contributed by atoms with Crippen molar-refractivity contribution in [2.75, 3.05) is 13.2 Å². The molecule has 0 aliphatic heterocycles. The smallest absolute Gasteiger partial charge is 0.460 e. The van der Waals surface area contributed by atoms with Crippen LogP contribution in [0, 0.1) is 5.82 Å². The second-order valence-electron chi connectivity index (χ2n) is 5.26. The lowest BCUT2D eigenvalue weighted by molar-refractivity contribution is -0.743. The van der Waals surface area contributed by atoms with Crippen LogP contribution in [0.15, 0.2) is 24.3 Å². The van der Waals surface area contributed by atoms with Crippen molar-refractivity contribution in [3.8, 4) is 0 Å².